The molecule has 2 heterocycles. The monoisotopic (exact) mass is 553 g/mol. The number of carbonyl (C=O) groups is 1. The molecule has 36 heavy (non-hydrogen) atoms. The minimum atomic E-state index is -3.33. The van der Waals surface area contributed by atoms with Crippen LogP contribution in [0.3, 0.4) is 0 Å². The van der Waals surface area contributed by atoms with Gasteiger partial charge in [-0.3, -0.25) is 13.9 Å². The van der Waals surface area contributed by atoms with E-state index in [1.165, 1.54) is 18.4 Å². The molecular weight excluding hydrogens is 521 g/mol. The van der Waals surface area contributed by atoms with Gasteiger partial charge in [0.2, 0.25) is 15.9 Å². The van der Waals surface area contributed by atoms with E-state index in [0.29, 0.717) is 23.0 Å². The number of hydroxylamine groups is 2. The van der Waals surface area contributed by atoms with Crippen LogP contribution in [0.15, 0.2) is 42.5 Å². The van der Waals surface area contributed by atoms with E-state index < -0.39 is 10.0 Å². The fraction of sp³-hybridized carbons (Fsp3) is 0.500. The second kappa shape index (κ2) is 10.9. The Balaban J connectivity index is 1.45. The highest BCUT2D eigenvalue weighted by molar-refractivity contribution is 7.92. The van der Waals surface area contributed by atoms with Crippen LogP contribution >= 0.6 is 23.2 Å². The van der Waals surface area contributed by atoms with Gasteiger partial charge in [0.05, 0.1) is 29.1 Å². The molecule has 2 aliphatic rings. The Hall–Kier alpha value is -1.84. The minimum absolute atomic E-state index is 0.0336. The van der Waals surface area contributed by atoms with Crippen LogP contribution in [-0.4, -0.2) is 70.9 Å². The minimum Gasteiger partial charge on any atom is -0.303 e. The zero-order valence-electron chi connectivity index (χ0n) is 20.9. The van der Waals surface area contributed by atoms with Gasteiger partial charge in [-0.15, -0.1) is 0 Å². The third-order valence-corrected chi connectivity index (χ3v) is 9.52. The van der Waals surface area contributed by atoms with E-state index in [9.17, 15) is 13.2 Å². The average Bonchev–Trinajstić information content (AvgIpc) is 3.18. The molecule has 7 nitrogen and oxygen atoms in total. The third-order valence-electron chi connectivity index (χ3n) is 7.66. The van der Waals surface area contributed by atoms with E-state index in [1.54, 1.807) is 17.4 Å². The molecular formula is C26H33Cl2N3O4S. The maximum atomic E-state index is 12.6. The second-order valence-corrected chi connectivity index (χ2v) is 12.6. The number of carbonyl (C=O) groups excluding carboxylic acids is 1. The van der Waals surface area contributed by atoms with E-state index in [-0.39, 0.29) is 17.2 Å². The molecule has 1 amide bonds. The molecule has 0 N–H and O–H groups in total. The van der Waals surface area contributed by atoms with Gasteiger partial charge in [0.1, 0.15) is 0 Å². The smallest absolute Gasteiger partial charge is 0.246 e. The summed E-state index contributed by atoms with van der Waals surface area (Å²) in [4.78, 5) is 20.1. The summed E-state index contributed by atoms with van der Waals surface area (Å²) in [6.45, 7) is 3.06. The summed E-state index contributed by atoms with van der Waals surface area (Å²) in [5.41, 5.74) is 2.77. The summed E-state index contributed by atoms with van der Waals surface area (Å²) in [7, 11) is -0.248. The number of sulfonamides is 1. The van der Waals surface area contributed by atoms with Gasteiger partial charge in [-0.1, -0.05) is 47.5 Å². The lowest BCUT2D eigenvalue weighted by molar-refractivity contribution is -0.169. The van der Waals surface area contributed by atoms with Gasteiger partial charge in [-0.05, 0) is 74.1 Å². The van der Waals surface area contributed by atoms with Crippen molar-refractivity contribution < 1.29 is 18.0 Å². The lowest BCUT2D eigenvalue weighted by Gasteiger charge is -2.40. The van der Waals surface area contributed by atoms with Crippen molar-refractivity contribution in [3.63, 3.8) is 0 Å². The van der Waals surface area contributed by atoms with Crippen molar-refractivity contribution in [1.29, 1.82) is 0 Å². The average molecular weight is 555 g/mol. The first-order chi connectivity index (χ1) is 17.0. The van der Waals surface area contributed by atoms with Gasteiger partial charge in [0, 0.05) is 25.4 Å². The van der Waals surface area contributed by atoms with Crippen molar-refractivity contribution >= 4 is 44.8 Å². The Bertz CT molecular complexity index is 1220. The molecule has 0 unspecified atom stereocenters. The molecule has 0 radical (unpaired) electrons. The number of hydrogen-bond acceptors (Lipinski definition) is 5. The summed E-state index contributed by atoms with van der Waals surface area (Å²) >= 11 is 12.4. The van der Waals surface area contributed by atoms with Crippen molar-refractivity contribution in [2.45, 2.75) is 37.0 Å². The van der Waals surface area contributed by atoms with Crippen molar-refractivity contribution in [2.75, 3.05) is 50.9 Å². The van der Waals surface area contributed by atoms with Crippen molar-refractivity contribution in [2.24, 2.45) is 0 Å². The predicted octanol–water partition coefficient (Wildman–Crippen LogP) is 4.69. The van der Waals surface area contributed by atoms with E-state index in [1.807, 2.05) is 30.3 Å². The van der Waals surface area contributed by atoms with Crippen LogP contribution < -0.4 is 4.31 Å². The van der Waals surface area contributed by atoms with Crippen LogP contribution in [0.2, 0.25) is 10.0 Å². The molecule has 2 aromatic carbocycles. The van der Waals surface area contributed by atoms with E-state index in [0.717, 1.165) is 55.7 Å². The molecule has 1 spiro atoms. The first-order valence-corrected chi connectivity index (χ1v) is 14.7. The molecule has 1 atom stereocenters. The van der Waals surface area contributed by atoms with Gasteiger partial charge in [0.15, 0.2) is 0 Å². The second-order valence-electron chi connectivity index (χ2n) is 9.85. The number of benzene rings is 2. The number of halogens is 2. The number of likely N-dealkylation sites (tertiary alicyclic amines) is 1. The summed E-state index contributed by atoms with van der Waals surface area (Å²) in [5, 5.41) is 2.21. The van der Waals surface area contributed by atoms with Crippen molar-refractivity contribution in [1.82, 2.24) is 9.96 Å². The van der Waals surface area contributed by atoms with Crippen molar-refractivity contribution in [3.05, 3.63) is 63.6 Å². The Kier molecular flexibility index (Phi) is 8.22. The molecule has 0 aliphatic carbocycles. The summed E-state index contributed by atoms with van der Waals surface area (Å²) < 4.78 is 26.5. The number of amides is 1. The number of nitrogens with zero attached hydrogens (tertiary/aromatic N) is 3. The van der Waals surface area contributed by atoms with Gasteiger partial charge in [-0.2, -0.15) is 0 Å². The van der Waals surface area contributed by atoms with Crippen molar-refractivity contribution in [3.8, 4) is 0 Å². The van der Waals surface area contributed by atoms with Crippen LogP contribution in [0.1, 0.15) is 42.7 Å². The fourth-order valence-electron chi connectivity index (χ4n) is 5.45. The Morgan fingerprint density at radius 3 is 2.47 bits per heavy atom. The molecule has 2 aliphatic heterocycles. The van der Waals surface area contributed by atoms with Crippen LogP contribution in [0, 0.1) is 0 Å². The van der Waals surface area contributed by atoms with Crippen LogP contribution in [0.25, 0.3) is 0 Å². The molecule has 0 aromatic heterocycles. The van der Waals surface area contributed by atoms with Gasteiger partial charge < -0.3 is 4.90 Å². The van der Waals surface area contributed by atoms with E-state index in [2.05, 4.69) is 11.0 Å². The largest absolute Gasteiger partial charge is 0.303 e. The molecule has 0 bridgehead atoms. The molecule has 10 heteroatoms. The first kappa shape index (κ1) is 27.2. The predicted molar refractivity (Wildman–Crippen MR) is 144 cm³/mol. The van der Waals surface area contributed by atoms with Gasteiger partial charge in [-0.25, -0.2) is 13.5 Å². The Morgan fingerprint density at radius 1 is 1.14 bits per heavy atom. The number of fused-ring (bicyclic) bond motifs is 2. The number of rotatable bonds is 8. The highest BCUT2D eigenvalue weighted by Gasteiger charge is 2.46. The summed E-state index contributed by atoms with van der Waals surface area (Å²) in [6, 6.07) is 13.4. The topological polar surface area (TPSA) is 70.2 Å². The third kappa shape index (κ3) is 5.68. The SMILES string of the molecule is CON(C)C(=O)C[C@@H](CCN1CCC2(CC1)CN(S(C)(=O)=O)c1ccccc12)c1ccc(Cl)c(Cl)c1. The zero-order chi connectivity index (χ0) is 26.1. The summed E-state index contributed by atoms with van der Waals surface area (Å²) in [5.74, 6) is -0.136. The molecule has 2 aromatic rings. The van der Waals surface area contributed by atoms with Gasteiger partial charge >= 0.3 is 0 Å². The first-order valence-electron chi connectivity index (χ1n) is 12.1. The molecule has 1 saturated heterocycles. The van der Waals surface area contributed by atoms with Crippen LogP contribution in [0.4, 0.5) is 5.69 Å². The lowest BCUT2D eigenvalue weighted by atomic mass is 9.74. The highest BCUT2D eigenvalue weighted by Crippen LogP contribution is 2.47. The Morgan fingerprint density at radius 2 is 1.83 bits per heavy atom. The molecule has 0 saturated carbocycles. The van der Waals surface area contributed by atoms with Crippen LogP contribution in [-0.2, 0) is 25.1 Å². The van der Waals surface area contributed by atoms with E-state index in [4.69, 9.17) is 28.0 Å². The summed E-state index contributed by atoms with van der Waals surface area (Å²) in [6.07, 6.45) is 4.14. The molecule has 196 valence electrons. The highest BCUT2D eigenvalue weighted by atomic mass is 35.5. The standard InChI is InChI=1S/C26H33Cl2N3O4S/c1-29(35-2)25(32)17-20(19-8-9-22(27)23(28)16-19)10-13-30-14-11-26(12-15-30)18-31(36(3,33)34)24-7-5-4-6-21(24)26/h4-9,16,20H,10-15,17-18H2,1-3H3/t20-/m1/s1. The quantitative estimate of drug-likeness (QED) is 0.443. The fourth-order valence-corrected chi connectivity index (χ4v) is 6.75. The Labute approximate surface area is 223 Å². The zero-order valence-corrected chi connectivity index (χ0v) is 23.2. The number of hydrogen-bond donors (Lipinski definition) is 0. The van der Waals surface area contributed by atoms with Gasteiger partial charge in [0.25, 0.3) is 0 Å². The normalized spacial score (nSPS) is 18.3. The molecule has 4 rings (SSSR count). The lowest BCUT2D eigenvalue weighted by Crippen LogP contribution is -2.46. The number of para-hydroxylation sites is 1. The van der Waals surface area contributed by atoms with E-state index >= 15 is 0 Å². The molecule has 1 fully saturated rings. The number of piperidine rings is 1. The van der Waals surface area contributed by atoms with Crippen LogP contribution in [0.5, 0.6) is 0 Å². The maximum Gasteiger partial charge on any atom is 0.246 e. The maximum absolute atomic E-state index is 12.6. The number of anilines is 1.